The van der Waals surface area contributed by atoms with Gasteiger partial charge in [-0.2, -0.15) is 0 Å². The molecule has 1 rings (SSSR count). The van der Waals surface area contributed by atoms with Crippen LogP contribution in [0.15, 0.2) is 30.3 Å². The van der Waals surface area contributed by atoms with Crippen LogP contribution in [0.3, 0.4) is 0 Å². The van der Waals surface area contributed by atoms with Crippen LogP contribution < -0.4 is 0 Å². The molecule has 0 heterocycles. The molecule has 0 fully saturated rings. The first-order valence-corrected chi connectivity index (χ1v) is 10.0. The van der Waals surface area contributed by atoms with Gasteiger partial charge in [0, 0.05) is 12.6 Å². The zero-order chi connectivity index (χ0) is 16.8. The summed E-state index contributed by atoms with van der Waals surface area (Å²) < 4.78 is 0. The molecular formula is C22H39N. The maximum Gasteiger partial charge on any atom is 0.0236 e. The Bertz CT molecular complexity index is 357. The van der Waals surface area contributed by atoms with Crippen molar-refractivity contribution in [1.29, 1.82) is 0 Å². The van der Waals surface area contributed by atoms with Crippen molar-refractivity contribution in [3.63, 3.8) is 0 Å². The summed E-state index contributed by atoms with van der Waals surface area (Å²) in [5.74, 6) is 0. The minimum absolute atomic E-state index is 0.633. The van der Waals surface area contributed by atoms with Gasteiger partial charge < -0.3 is 0 Å². The zero-order valence-corrected chi connectivity index (χ0v) is 15.9. The van der Waals surface area contributed by atoms with E-state index in [-0.39, 0.29) is 0 Å². The van der Waals surface area contributed by atoms with E-state index in [1.54, 1.807) is 0 Å². The van der Waals surface area contributed by atoms with E-state index in [0.717, 1.165) is 6.54 Å². The van der Waals surface area contributed by atoms with Crippen molar-refractivity contribution in [2.75, 3.05) is 6.54 Å². The summed E-state index contributed by atoms with van der Waals surface area (Å²) in [5.41, 5.74) is 1.44. The highest BCUT2D eigenvalue weighted by Gasteiger charge is 2.09. The Kier molecular flexibility index (Phi) is 12.0. The van der Waals surface area contributed by atoms with Gasteiger partial charge in [0.05, 0.1) is 0 Å². The third-order valence-electron chi connectivity index (χ3n) is 4.76. The van der Waals surface area contributed by atoms with E-state index in [9.17, 15) is 0 Å². The molecule has 0 spiro atoms. The number of nitrogens with zero attached hydrogens (tertiary/aromatic N) is 1. The molecule has 132 valence electrons. The van der Waals surface area contributed by atoms with Crippen LogP contribution in [-0.2, 0) is 6.54 Å². The van der Waals surface area contributed by atoms with Crippen molar-refractivity contribution in [3.05, 3.63) is 35.9 Å². The topological polar surface area (TPSA) is 3.24 Å². The van der Waals surface area contributed by atoms with Gasteiger partial charge in [-0.1, -0.05) is 95.0 Å². The van der Waals surface area contributed by atoms with E-state index in [1.807, 2.05) is 0 Å². The molecule has 0 saturated heterocycles. The molecule has 0 atom stereocenters. The molecule has 1 heteroatoms. The molecule has 1 aromatic carbocycles. The fourth-order valence-electron chi connectivity index (χ4n) is 3.14. The van der Waals surface area contributed by atoms with Crippen molar-refractivity contribution in [1.82, 2.24) is 4.90 Å². The average molecular weight is 318 g/mol. The largest absolute Gasteiger partial charge is 0.297 e. The fourth-order valence-corrected chi connectivity index (χ4v) is 3.14. The minimum Gasteiger partial charge on any atom is -0.297 e. The van der Waals surface area contributed by atoms with Gasteiger partial charge in [-0.25, -0.2) is 0 Å². The van der Waals surface area contributed by atoms with Crippen molar-refractivity contribution in [3.8, 4) is 0 Å². The predicted octanol–water partition coefficient (Wildman–Crippen LogP) is 6.82. The number of hydrogen-bond acceptors (Lipinski definition) is 1. The molecule has 1 aromatic rings. The van der Waals surface area contributed by atoms with Crippen molar-refractivity contribution in [2.24, 2.45) is 0 Å². The maximum atomic E-state index is 2.61. The van der Waals surface area contributed by atoms with Crippen molar-refractivity contribution in [2.45, 2.75) is 97.6 Å². The van der Waals surface area contributed by atoms with Crippen LogP contribution in [0.2, 0.25) is 0 Å². The molecule has 0 unspecified atom stereocenters. The molecule has 1 nitrogen and oxygen atoms in total. The van der Waals surface area contributed by atoms with Gasteiger partial charge in [0.2, 0.25) is 0 Å². The molecule has 0 bridgehead atoms. The van der Waals surface area contributed by atoms with Crippen LogP contribution in [-0.4, -0.2) is 17.5 Å². The molecule has 0 saturated carbocycles. The molecule has 0 amide bonds. The summed E-state index contributed by atoms with van der Waals surface area (Å²) in [5, 5.41) is 0. The lowest BCUT2D eigenvalue weighted by molar-refractivity contribution is 0.208. The van der Waals surface area contributed by atoms with Gasteiger partial charge >= 0.3 is 0 Å². The van der Waals surface area contributed by atoms with Gasteiger partial charge in [0.15, 0.2) is 0 Å². The Morgan fingerprint density at radius 1 is 0.739 bits per heavy atom. The summed E-state index contributed by atoms with van der Waals surface area (Å²) in [6, 6.07) is 11.5. The minimum atomic E-state index is 0.633. The maximum absolute atomic E-state index is 2.61. The van der Waals surface area contributed by atoms with Gasteiger partial charge in [0.25, 0.3) is 0 Å². The lowest BCUT2D eigenvalue weighted by Crippen LogP contribution is -2.31. The molecule has 23 heavy (non-hydrogen) atoms. The third-order valence-corrected chi connectivity index (χ3v) is 4.76. The van der Waals surface area contributed by atoms with E-state index >= 15 is 0 Å². The van der Waals surface area contributed by atoms with E-state index in [1.165, 1.54) is 76.3 Å². The fraction of sp³-hybridized carbons (Fsp3) is 0.727. The highest BCUT2D eigenvalue weighted by Crippen LogP contribution is 2.13. The van der Waals surface area contributed by atoms with E-state index in [2.05, 4.69) is 56.0 Å². The smallest absolute Gasteiger partial charge is 0.0236 e. The van der Waals surface area contributed by atoms with Gasteiger partial charge in [-0.15, -0.1) is 0 Å². The van der Waals surface area contributed by atoms with Crippen molar-refractivity contribution < 1.29 is 0 Å². The first kappa shape index (κ1) is 20.2. The van der Waals surface area contributed by atoms with Gasteiger partial charge in [0.1, 0.15) is 0 Å². The Morgan fingerprint density at radius 2 is 1.26 bits per heavy atom. The van der Waals surface area contributed by atoms with E-state index in [0.29, 0.717) is 6.04 Å². The van der Waals surface area contributed by atoms with E-state index < -0.39 is 0 Å². The Balaban J connectivity index is 2.05. The SMILES string of the molecule is CCCCCCCCCCCCN(Cc1ccccc1)C(C)C. The average Bonchev–Trinajstić information content (AvgIpc) is 2.56. The summed E-state index contributed by atoms with van der Waals surface area (Å²) in [6.45, 7) is 9.26. The highest BCUT2D eigenvalue weighted by atomic mass is 15.1. The quantitative estimate of drug-likeness (QED) is 0.340. The number of benzene rings is 1. The summed E-state index contributed by atoms with van der Waals surface area (Å²) in [6.07, 6.45) is 14.2. The van der Waals surface area contributed by atoms with Gasteiger partial charge in [-0.3, -0.25) is 4.90 Å². The van der Waals surface area contributed by atoms with Crippen molar-refractivity contribution >= 4 is 0 Å². The van der Waals surface area contributed by atoms with Crippen LogP contribution in [0.5, 0.6) is 0 Å². The molecule has 0 aromatic heterocycles. The molecule has 0 aliphatic carbocycles. The van der Waals surface area contributed by atoms with Crippen LogP contribution in [0.25, 0.3) is 0 Å². The first-order valence-electron chi connectivity index (χ1n) is 10.0. The van der Waals surface area contributed by atoms with Crippen LogP contribution >= 0.6 is 0 Å². The van der Waals surface area contributed by atoms with Crippen LogP contribution in [0.1, 0.15) is 90.5 Å². The standard InChI is InChI=1S/C22H39N/c1-4-5-6-7-8-9-10-11-12-16-19-23(21(2)3)20-22-17-14-13-15-18-22/h13-15,17-18,21H,4-12,16,19-20H2,1-3H3. The summed E-state index contributed by atoms with van der Waals surface area (Å²) in [4.78, 5) is 2.61. The summed E-state index contributed by atoms with van der Waals surface area (Å²) >= 11 is 0. The highest BCUT2D eigenvalue weighted by molar-refractivity contribution is 5.14. The molecule has 0 N–H and O–H groups in total. The third kappa shape index (κ3) is 10.5. The second-order valence-electron chi connectivity index (χ2n) is 7.23. The van der Waals surface area contributed by atoms with Gasteiger partial charge in [-0.05, 0) is 32.4 Å². The second kappa shape index (κ2) is 13.6. The second-order valence-corrected chi connectivity index (χ2v) is 7.23. The normalized spacial score (nSPS) is 11.5. The number of unbranched alkanes of at least 4 members (excludes halogenated alkanes) is 9. The predicted molar refractivity (Wildman–Crippen MR) is 104 cm³/mol. The lowest BCUT2D eigenvalue weighted by Gasteiger charge is -2.26. The molecule has 0 aliphatic rings. The first-order chi connectivity index (χ1) is 11.2. The van der Waals surface area contributed by atoms with Crippen LogP contribution in [0, 0.1) is 0 Å². The molecule has 0 aliphatic heterocycles. The monoisotopic (exact) mass is 317 g/mol. The van der Waals surface area contributed by atoms with E-state index in [4.69, 9.17) is 0 Å². The number of hydrogen-bond donors (Lipinski definition) is 0. The molecule has 0 radical (unpaired) electrons. The number of rotatable bonds is 14. The van der Waals surface area contributed by atoms with Crippen LogP contribution in [0.4, 0.5) is 0 Å². The molecular weight excluding hydrogens is 278 g/mol. The Hall–Kier alpha value is -0.820. The Morgan fingerprint density at radius 3 is 1.78 bits per heavy atom. The Labute approximate surface area is 145 Å². The summed E-state index contributed by atoms with van der Waals surface area (Å²) in [7, 11) is 0. The lowest BCUT2D eigenvalue weighted by atomic mass is 10.1. The zero-order valence-electron chi connectivity index (χ0n) is 15.9.